The van der Waals surface area contributed by atoms with E-state index in [9.17, 15) is 14.4 Å². The summed E-state index contributed by atoms with van der Waals surface area (Å²) in [7, 11) is 0. The first kappa shape index (κ1) is 19.2. The molecule has 0 aliphatic rings. The summed E-state index contributed by atoms with van der Waals surface area (Å²) in [6, 6.07) is 13.5. The van der Waals surface area contributed by atoms with Crippen molar-refractivity contribution in [1.29, 1.82) is 0 Å². The molecule has 2 amide bonds. The van der Waals surface area contributed by atoms with Crippen molar-refractivity contribution >= 4 is 23.5 Å². The number of hydrogen-bond acceptors (Lipinski definition) is 4. The second-order valence-corrected chi connectivity index (χ2v) is 6.09. The van der Waals surface area contributed by atoms with Crippen LogP contribution in [0.4, 0.5) is 5.69 Å². The van der Waals surface area contributed by atoms with E-state index in [0.717, 1.165) is 5.56 Å². The van der Waals surface area contributed by atoms with E-state index in [1.54, 1.807) is 62.4 Å². The van der Waals surface area contributed by atoms with Gasteiger partial charge in [0.1, 0.15) is 0 Å². The standard InChI is InChI=1S/C20H22N2O4/c1-13(2)26-20(25)17-8-10-18(11-9-17)22-19(24)16-6-4-15(5-7-16)12-21-14(3)23/h4-11,13H,12H2,1-3H3,(H,21,23)(H,22,24). The molecule has 0 aromatic heterocycles. The Morgan fingerprint density at radius 1 is 0.923 bits per heavy atom. The summed E-state index contributed by atoms with van der Waals surface area (Å²) in [6.45, 7) is 5.45. The van der Waals surface area contributed by atoms with Crippen molar-refractivity contribution in [2.45, 2.75) is 33.4 Å². The summed E-state index contributed by atoms with van der Waals surface area (Å²) in [5.74, 6) is -0.756. The Bertz CT molecular complexity index is 780. The minimum atomic E-state index is -0.396. The van der Waals surface area contributed by atoms with Crippen molar-refractivity contribution in [3.63, 3.8) is 0 Å². The molecule has 26 heavy (non-hydrogen) atoms. The third-order valence-corrected chi connectivity index (χ3v) is 3.48. The molecule has 2 N–H and O–H groups in total. The fourth-order valence-electron chi connectivity index (χ4n) is 2.18. The second-order valence-electron chi connectivity index (χ2n) is 6.09. The summed E-state index contributed by atoms with van der Waals surface area (Å²) >= 11 is 0. The van der Waals surface area contributed by atoms with Gasteiger partial charge in [0.05, 0.1) is 11.7 Å². The number of esters is 1. The number of nitrogens with one attached hydrogen (secondary N) is 2. The van der Waals surface area contributed by atoms with Crippen LogP contribution in [0.15, 0.2) is 48.5 Å². The average Bonchev–Trinajstić information content (AvgIpc) is 2.60. The Kier molecular flexibility index (Phi) is 6.49. The molecule has 0 bridgehead atoms. The maximum absolute atomic E-state index is 12.3. The van der Waals surface area contributed by atoms with E-state index in [1.165, 1.54) is 6.92 Å². The van der Waals surface area contributed by atoms with Gasteiger partial charge >= 0.3 is 5.97 Å². The Morgan fingerprint density at radius 2 is 1.50 bits per heavy atom. The zero-order chi connectivity index (χ0) is 19.1. The molecule has 0 saturated carbocycles. The summed E-state index contributed by atoms with van der Waals surface area (Å²) < 4.78 is 5.12. The molecule has 0 aliphatic heterocycles. The highest BCUT2D eigenvalue weighted by Gasteiger charge is 2.10. The van der Waals surface area contributed by atoms with Crippen LogP contribution in [0.1, 0.15) is 47.1 Å². The van der Waals surface area contributed by atoms with Gasteiger partial charge in [0.2, 0.25) is 5.91 Å². The number of amides is 2. The SMILES string of the molecule is CC(=O)NCc1ccc(C(=O)Nc2ccc(C(=O)OC(C)C)cc2)cc1. The van der Waals surface area contributed by atoms with Gasteiger partial charge in [0, 0.05) is 24.7 Å². The molecule has 0 unspecified atom stereocenters. The van der Waals surface area contributed by atoms with E-state index in [2.05, 4.69) is 10.6 Å². The van der Waals surface area contributed by atoms with Crippen LogP contribution in [0.5, 0.6) is 0 Å². The lowest BCUT2D eigenvalue weighted by atomic mass is 10.1. The second kappa shape index (κ2) is 8.80. The lowest BCUT2D eigenvalue weighted by Crippen LogP contribution is -2.19. The molecule has 2 aromatic rings. The number of hydrogen-bond donors (Lipinski definition) is 2. The van der Waals surface area contributed by atoms with E-state index >= 15 is 0 Å². The average molecular weight is 354 g/mol. The molecule has 0 saturated heterocycles. The molecule has 0 spiro atoms. The third-order valence-electron chi connectivity index (χ3n) is 3.48. The van der Waals surface area contributed by atoms with Crippen molar-refractivity contribution in [1.82, 2.24) is 5.32 Å². The number of rotatable bonds is 6. The van der Waals surface area contributed by atoms with E-state index < -0.39 is 5.97 Å². The summed E-state index contributed by atoms with van der Waals surface area (Å²) in [5, 5.41) is 5.47. The monoisotopic (exact) mass is 354 g/mol. The molecule has 6 heteroatoms. The van der Waals surface area contributed by atoms with Crippen LogP contribution in [0.2, 0.25) is 0 Å². The van der Waals surface area contributed by atoms with Crippen LogP contribution in [-0.4, -0.2) is 23.9 Å². The van der Waals surface area contributed by atoms with Gasteiger partial charge in [-0.05, 0) is 55.8 Å². The van der Waals surface area contributed by atoms with E-state index in [4.69, 9.17) is 4.74 Å². The van der Waals surface area contributed by atoms with Crippen molar-refractivity contribution in [2.75, 3.05) is 5.32 Å². The van der Waals surface area contributed by atoms with Gasteiger partial charge in [-0.25, -0.2) is 4.79 Å². The van der Waals surface area contributed by atoms with E-state index in [0.29, 0.717) is 23.4 Å². The van der Waals surface area contributed by atoms with Gasteiger partial charge in [0.25, 0.3) is 5.91 Å². The first-order chi connectivity index (χ1) is 12.3. The Balaban J connectivity index is 1.96. The quantitative estimate of drug-likeness (QED) is 0.781. The zero-order valence-corrected chi connectivity index (χ0v) is 15.0. The van der Waals surface area contributed by atoms with Crippen LogP contribution in [0.3, 0.4) is 0 Å². The van der Waals surface area contributed by atoms with Crippen molar-refractivity contribution in [3.8, 4) is 0 Å². The summed E-state index contributed by atoms with van der Waals surface area (Å²) in [6.07, 6.45) is -0.185. The minimum Gasteiger partial charge on any atom is -0.459 e. The smallest absolute Gasteiger partial charge is 0.338 e. The highest BCUT2D eigenvalue weighted by molar-refractivity contribution is 6.04. The maximum atomic E-state index is 12.3. The molecular weight excluding hydrogens is 332 g/mol. The van der Waals surface area contributed by atoms with Crippen molar-refractivity contribution in [2.24, 2.45) is 0 Å². The van der Waals surface area contributed by atoms with E-state index in [-0.39, 0.29) is 17.9 Å². The fourth-order valence-corrected chi connectivity index (χ4v) is 2.18. The number of carbonyl (C=O) groups excluding carboxylic acids is 3. The number of anilines is 1. The number of ether oxygens (including phenoxy) is 1. The van der Waals surface area contributed by atoms with Gasteiger partial charge in [-0.3, -0.25) is 9.59 Å². The first-order valence-corrected chi connectivity index (χ1v) is 8.31. The lowest BCUT2D eigenvalue weighted by Gasteiger charge is -2.09. The fraction of sp³-hybridized carbons (Fsp3) is 0.250. The molecule has 136 valence electrons. The lowest BCUT2D eigenvalue weighted by molar-refractivity contribution is -0.119. The number of benzene rings is 2. The highest BCUT2D eigenvalue weighted by atomic mass is 16.5. The summed E-state index contributed by atoms with van der Waals surface area (Å²) in [5.41, 5.74) is 2.42. The van der Waals surface area contributed by atoms with Gasteiger partial charge in [-0.2, -0.15) is 0 Å². The van der Waals surface area contributed by atoms with E-state index in [1.807, 2.05) is 0 Å². The highest BCUT2D eigenvalue weighted by Crippen LogP contribution is 2.13. The van der Waals surface area contributed by atoms with Gasteiger partial charge < -0.3 is 15.4 Å². The van der Waals surface area contributed by atoms with Crippen molar-refractivity contribution in [3.05, 3.63) is 65.2 Å². The summed E-state index contributed by atoms with van der Waals surface area (Å²) in [4.78, 5) is 35.0. The predicted molar refractivity (Wildman–Crippen MR) is 98.9 cm³/mol. The molecule has 6 nitrogen and oxygen atoms in total. The first-order valence-electron chi connectivity index (χ1n) is 8.31. The zero-order valence-electron chi connectivity index (χ0n) is 15.0. The third kappa shape index (κ3) is 5.73. The van der Waals surface area contributed by atoms with Crippen LogP contribution < -0.4 is 10.6 Å². The molecule has 0 atom stereocenters. The van der Waals surface area contributed by atoms with Crippen LogP contribution in [0, 0.1) is 0 Å². The normalized spacial score (nSPS) is 10.3. The molecule has 0 aliphatic carbocycles. The van der Waals surface area contributed by atoms with Crippen LogP contribution >= 0.6 is 0 Å². The minimum absolute atomic E-state index is 0.104. The molecule has 0 heterocycles. The topological polar surface area (TPSA) is 84.5 Å². The molecule has 2 aromatic carbocycles. The number of carbonyl (C=O) groups is 3. The molecule has 2 rings (SSSR count). The predicted octanol–water partition coefficient (Wildman–Crippen LogP) is 3.14. The van der Waals surface area contributed by atoms with Gasteiger partial charge in [-0.15, -0.1) is 0 Å². The van der Waals surface area contributed by atoms with Crippen molar-refractivity contribution < 1.29 is 19.1 Å². The Labute approximate surface area is 152 Å². The van der Waals surface area contributed by atoms with Gasteiger partial charge in [0.15, 0.2) is 0 Å². The van der Waals surface area contributed by atoms with Crippen LogP contribution in [-0.2, 0) is 16.1 Å². The molecular formula is C20H22N2O4. The largest absolute Gasteiger partial charge is 0.459 e. The Hall–Kier alpha value is -3.15. The Morgan fingerprint density at radius 3 is 2.04 bits per heavy atom. The maximum Gasteiger partial charge on any atom is 0.338 e. The molecule has 0 radical (unpaired) electrons. The van der Waals surface area contributed by atoms with Gasteiger partial charge in [-0.1, -0.05) is 12.1 Å². The molecule has 0 fully saturated rings. The van der Waals surface area contributed by atoms with Crippen LogP contribution in [0.25, 0.3) is 0 Å².